The molecule has 1 aliphatic rings. The first-order chi connectivity index (χ1) is 18.6. The van der Waals surface area contributed by atoms with Gasteiger partial charge in [0.15, 0.2) is 23.3 Å². The number of aliphatic hydroxyl groups is 3. The lowest BCUT2D eigenvalue weighted by Gasteiger charge is -2.41. The first kappa shape index (κ1) is 26.7. The topological polar surface area (TPSA) is 155 Å². The Morgan fingerprint density at radius 3 is 2.51 bits per heavy atom. The smallest absolute Gasteiger partial charge is 0.194 e. The average molecular weight is 562 g/mol. The highest BCUT2D eigenvalue weighted by Crippen LogP contribution is 2.39. The Hall–Kier alpha value is -3.87. The maximum Gasteiger partial charge on any atom is 0.194 e. The molecule has 0 saturated carbocycles. The number of nitrogens with zero attached hydrogens (tertiary/aromatic N) is 7. The van der Waals surface area contributed by atoms with E-state index in [4.69, 9.17) is 16.3 Å². The lowest BCUT2D eigenvalue weighted by Crippen LogP contribution is -2.53. The summed E-state index contributed by atoms with van der Waals surface area (Å²) >= 11 is 6.14. The van der Waals surface area contributed by atoms with Crippen LogP contribution >= 0.6 is 11.6 Å². The molecule has 0 radical (unpaired) electrons. The van der Waals surface area contributed by atoms with Crippen LogP contribution in [-0.4, -0.2) is 70.0 Å². The van der Waals surface area contributed by atoms with Gasteiger partial charge in [-0.25, -0.2) is 27.5 Å². The van der Waals surface area contributed by atoms with Gasteiger partial charge in [-0.05, 0) is 37.3 Å². The third-order valence-electron chi connectivity index (χ3n) is 6.29. The maximum absolute atomic E-state index is 13.8. The van der Waals surface area contributed by atoms with Crippen molar-refractivity contribution in [3.8, 4) is 23.0 Å². The summed E-state index contributed by atoms with van der Waals surface area (Å²) in [6.07, 6.45) is -4.45. The molecule has 3 heterocycles. The van der Waals surface area contributed by atoms with Crippen molar-refractivity contribution in [1.29, 1.82) is 5.26 Å². The predicted molar refractivity (Wildman–Crippen MR) is 127 cm³/mol. The number of benzene rings is 2. The van der Waals surface area contributed by atoms with Gasteiger partial charge in [0.05, 0.1) is 24.1 Å². The summed E-state index contributed by atoms with van der Waals surface area (Å²) in [6.45, 7) is 0.914. The molecule has 15 heteroatoms. The quantitative estimate of drug-likeness (QED) is 0.311. The van der Waals surface area contributed by atoms with Crippen molar-refractivity contribution in [2.45, 2.75) is 37.4 Å². The largest absolute Gasteiger partial charge is 0.394 e. The van der Waals surface area contributed by atoms with Gasteiger partial charge in [-0.3, -0.25) is 0 Å². The van der Waals surface area contributed by atoms with Crippen molar-refractivity contribution in [2.75, 3.05) is 6.61 Å². The van der Waals surface area contributed by atoms with Crippen LogP contribution in [0, 0.1) is 35.7 Å². The van der Waals surface area contributed by atoms with Gasteiger partial charge in [-0.1, -0.05) is 16.8 Å². The number of aryl methyl sites for hydroxylation is 1. The summed E-state index contributed by atoms with van der Waals surface area (Å²) in [5, 5.41) is 54.2. The van der Waals surface area contributed by atoms with Gasteiger partial charge in [0, 0.05) is 10.6 Å². The van der Waals surface area contributed by atoms with Crippen LogP contribution in [0.4, 0.5) is 13.2 Å². The van der Waals surface area contributed by atoms with Crippen LogP contribution in [0.3, 0.4) is 0 Å². The number of nitriles is 1. The molecule has 0 spiro atoms. The molecular formula is C24H19ClF3N7O4. The normalized spacial score (nSPS) is 23.1. The van der Waals surface area contributed by atoms with Gasteiger partial charge in [0.25, 0.3) is 0 Å². The van der Waals surface area contributed by atoms with E-state index in [0.717, 1.165) is 16.8 Å². The number of aromatic nitrogens is 6. The van der Waals surface area contributed by atoms with E-state index >= 15 is 0 Å². The first-order valence-electron chi connectivity index (χ1n) is 11.5. The lowest BCUT2D eigenvalue weighted by molar-refractivity contribution is -0.210. The van der Waals surface area contributed by atoms with Crippen LogP contribution in [0.5, 0.6) is 0 Å². The van der Waals surface area contributed by atoms with Crippen molar-refractivity contribution in [3.05, 3.63) is 76.2 Å². The van der Waals surface area contributed by atoms with E-state index in [9.17, 15) is 33.8 Å². The monoisotopic (exact) mass is 561 g/mol. The van der Waals surface area contributed by atoms with Crippen molar-refractivity contribution in [1.82, 2.24) is 29.8 Å². The highest BCUT2D eigenvalue weighted by Gasteiger charge is 2.48. The zero-order valence-corrected chi connectivity index (χ0v) is 20.7. The molecule has 11 nitrogen and oxygen atoms in total. The van der Waals surface area contributed by atoms with Crippen LogP contribution in [0.25, 0.3) is 16.9 Å². The number of rotatable bonds is 5. The predicted octanol–water partition coefficient (Wildman–Crippen LogP) is 2.17. The molecule has 0 unspecified atom stereocenters. The Labute approximate surface area is 223 Å². The van der Waals surface area contributed by atoms with E-state index in [1.165, 1.54) is 29.1 Å². The molecule has 1 aliphatic heterocycles. The summed E-state index contributed by atoms with van der Waals surface area (Å²) in [5.74, 6) is -4.21. The molecule has 3 N–H and O–H groups in total. The average Bonchev–Trinajstić information content (AvgIpc) is 3.54. The fraction of sp³-hybridized carbons (Fsp3) is 0.292. The van der Waals surface area contributed by atoms with Crippen molar-refractivity contribution in [2.24, 2.45) is 0 Å². The van der Waals surface area contributed by atoms with E-state index < -0.39 is 54.5 Å². The second kappa shape index (κ2) is 10.4. The highest BCUT2D eigenvalue weighted by atomic mass is 35.5. The van der Waals surface area contributed by atoms with Gasteiger partial charge < -0.3 is 20.1 Å². The Bertz CT molecular complexity index is 1570. The molecule has 1 fully saturated rings. The molecular weight excluding hydrogens is 543 g/mol. The van der Waals surface area contributed by atoms with Gasteiger partial charge in [-0.15, -0.1) is 5.10 Å². The molecule has 202 valence electrons. The third-order valence-corrected chi connectivity index (χ3v) is 6.52. The van der Waals surface area contributed by atoms with E-state index in [1.54, 1.807) is 6.92 Å². The van der Waals surface area contributed by atoms with Crippen LogP contribution < -0.4 is 0 Å². The van der Waals surface area contributed by atoms with Gasteiger partial charge in [0.1, 0.15) is 48.0 Å². The number of hydrogen-bond donors (Lipinski definition) is 3. The molecule has 2 aromatic carbocycles. The minimum Gasteiger partial charge on any atom is -0.394 e. The number of halogens is 4. The summed E-state index contributed by atoms with van der Waals surface area (Å²) in [5.41, 5.74) is 0.241. The van der Waals surface area contributed by atoms with Gasteiger partial charge in [0.2, 0.25) is 0 Å². The molecule has 5 rings (SSSR count). The number of hydrogen-bond acceptors (Lipinski definition) is 9. The lowest BCUT2D eigenvalue weighted by atomic mass is 9.92. The van der Waals surface area contributed by atoms with E-state index in [2.05, 4.69) is 20.4 Å². The highest BCUT2D eigenvalue weighted by molar-refractivity contribution is 6.30. The zero-order valence-electron chi connectivity index (χ0n) is 20.0. The fourth-order valence-electron chi connectivity index (χ4n) is 4.45. The molecule has 39 heavy (non-hydrogen) atoms. The maximum atomic E-state index is 13.8. The molecule has 5 atom stereocenters. The Morgan fingerprint density at radius 2 is 1.85 bits per heavy atom. The van der Waals surface area contributed by atoms with Crippen LogP contribution in [0.1, 0.15) is 29.4 Å². The molecule has 1 saturated heterocycles. The molecule has 0 aliphatic carbocycles. The van der Waals surface area contributed by atoms with E-state index in [-0.39, 0.29) is 34.2 Å². The standard InChI is InChI=1S/C24H19ClF3N7O4/c1-10-30-24(35(32-10)17-6-13(25)3-2-11(17)7-29)23-22(38)20(21(37)18(9-36)39-23)34-8-16(31-33-34)12-4-14(26)19(28)15(27)5-12/h2-6,8,18,20-23,36-38H,9H2,1H3/t18-,20+,21+,22-,23-/m1/s1. The van der Waals surface area contributed by atoms with Crippen LogP contribution in [0.2, 0.25) is 5.02 Å². The van der Waals surface area contributed by atoms with Crippen molar-refractivity contribution < 1.29 is 33.2 Å². The number of aliphatic hydroxyl groups excluding tert-OH is 3. The summed E-state index contributed by atoms with van der Waals surface area (Å²) in [6, 6.07) is 6.68. The second-order valence-corrected chi connectivity index (χ2v) is 9.23. The van der Waals surface area contributed by atoms with Gasteiger partial charge in [-0.2, -0.15) is 10.4 Å². The van der Waals surface area contributed by atoms with Crippen LogP contribution in [-0.2, 0) is 4.74 Å². The van der Waals surface area contributed by atoms with Gasteiger partial charge >= 0.3 is 0 Å². The Morgan fingerprint density at radius 1 is 1.13 bits per heavy atom. The molecule has 0 amide bonds. The van der Waals surface area contributed by atoms with Crippen molar-refractivity contribution in [3.63, 3.8) is 0 Å². The van der Waals surface area contributed by atoms with E-state index in [1.807, 2.05) is 6.07 Å². The first-order valence-corrected chi connectivity index (χ1v) is 11.8. The molecule has 4 aromatic rings. The van der Waals surface area contributed by atoms with Crippen molar-refractivity contribution >= 4 is 11.6 Å². The zero-order chi connectivity index (χ0) is 28.0. The second-order valence-electron chi connectivity index (χ2n) is 8.79. The summed E-state index contributed by atoms with van der Waals surface area (Å²) in [7, 11) is 0. The Balaban J connectivity index is 1.57. The minimum atomic E-state index is -1.64. The fourth-order valence-corrected chi connectivity index (χ4v) is 4.62. The number of ether oxygens (including phenoxy) is 1. The molecule has 2 aromatic heterocycles. The van der Waals surface area contributed by atoms with E-state index in [0.29, 0.717) is 5.02 Å². The summed E-state index contributed by atoms with van der Waals surface area (Å²) < 4.78 is 49.1. The van der Waals surface area contributed by atoms with Crippen LogP contribution in [0.15, 0.2) is 36.5 Å². The summed E-state index contributed by atoms with van der Waals surface area (Å²) in [4.78, 5) is 4.36. The minimum absolute atomic E-state index is 0.0390. The third kappa shape index (κ3) is 4.75. The molecule has 0 bridgehead atoms. The Kier molecular flexibility index (Phi) is 7.10. The SMILES string of the molecule is Cc1nc([C@@H]2O[C@H](CO)[C@H](O)[C@H](n3cc(-c4cc(F)c(F)c(F)c4)nn3)[C@H]2O)n(-c2cc(Cl)ccc2C#N)n1.